The van der Waals surface area contributed by atoms with E-state index >= 15 is 0 Å². The third kappa shape index (κ3) is 3.94. The number of benzene rings is 2. The Bertz CT molecular complexity index is 616. The van der Waals surface area contributed by atoms with Crippen LogP contribution in [-0.2, 0) is 11.3 Å². The van der Waals surface area contributed by atoms with E-state index in [1.807, 2.05) is 30.3 Å². The lowest BCUT2D eigenvalue weighted by Gasteiger charge is -2.08. The molecule has 0 spiro atoms. The molecule has 0 saturated heterocycles. The molecule has 2 rings (SSSR count). The fourth-order valence-electron chi connectivity index (χ4n) is 1.56. The van der Waals surface area contributed by atoms with Gasteiger partial charge >= 0.3 is 5.97 Å². The van der Waals surface area contributed by atoms with Crippen molar-refractivity contribution < 1.29 is 9.53 Å². The monoisotopic (exact) mass is 431 g/mol. The molecule has 0 atom stereocenters. The summed E-state index contributed by atoms with van der Waals surface area (Å²) < 4.78 is 7.16. The largest absolute Gasteiger partial charge is 0.457 e. The van der Waals surface area contributed by atoms with Gasteiger partial charge < -0.3 is 10.5 Å². The number of anilines is 1. The van der Waals surface area contributed by atoms with Crippen LogP contribution in [0.4, 0.5) is 5.69 Å². The standard InChI is InChI=1S/C14H11BrINO2/c15-10-3-1-2-9(6-10)8-19-14(18)12-7-11(16)4-5-13(12)17/h1-7H,8,17H2. The summed E-state index contributed by atoms with van der Waals surface area (Å²) in [4.78, 5) is 12.0. The topological polar surface area (TPSA) is 52.3 Å². The van der Waals surface area contributed by atoms with E-state index in [2.05, 4.69) is 38.5 Å². The number of nitrogens with two attached hydrogens (primary N) is 1. The highest BCUT2D eigenvalue weighted by Crippen LogP contribution is 2.18. The quantitative estimate of drug-likeness (QED) is 0.454. The number of ether oxygens (including phenoxy) is 1. The van der Waals surface area contributed by atoms with Crippen LogP contribution in [0.1, 0.15) is 15.9 Å². The smallest absolute Gasteiger partial charge is 0.340 e. The Morgan fingerprint density at radius 3 is 2.79 bits per heavy atom. The fourth-order valence-corrected chi connectivity index (χ4v) is 2.50. The van der Waals surface area contributed by atoms with E-state index in [1.54, 1.807) is 12.1 Å². The summed E-state index contributed by atoms with van der Waals surface area (Å²) in [5.41, 5.74) is 7.53. The van der Waals surface area contributed by atoms with Crippen LogP contribution in [-0.4, -0.2) is 5.97 Å². The van der Waals surface area contributed by atoms with E-state index in [0.717, 1.165) is 13.6 Å². The second-order valence-corrected chi connectivity index (χ2v) is 6.10. The molecule has 0 aliphatic heterocycles. The summed E-state index contributed by atoms with van der Waals surface area (Å²) in [7, 11) is 0. The van der Waals surface area contributed by atoms with E-state index in [4.69, 9.17) is 10.5 Å². The first kappa shape index (κ1) is 14.3. The Labute approximate surface area is 133 Å². The van der Waals surface area contributed by atoms with Gasteiger partial charge in [0.1, 0.15) is 6.61 Å². The van der Waals surface area contributed by atoms with Crippen LogP contribution in [0.3, 0.4) is 0 Å². The zero-order chi connectivity index (χ0) is 13.8. The second kappa shape index (κ2) is 6.38. The Kier molecular flexibility index (Phi) is 4.81. The maximum absolute atomic E-state index is 12.0. The average Bonchev–Trinajstić information content (AvgIpc) is 2.39. The molecule has 0 aliphatic carbocycles. The molecule has 0 radical (unpaired) electrons. The average molecular weight is 432 g/mol. The Morgan fingerprint density at radius 2 is 2.05 bits per heavy atom. The van der Waals surface area contributed by atoms with E-state index in [0.29, 0.717) is 11.3 Å². The lowest BCUT2D eigenvalue weighted by molar-refractivity contribution is 0.0474. The Balaban J connectivity index is 2.07. The summed E-state index contributed by atoms with van der Waals surface area (Å²) in [6, 6.07) is 12.9. The maximum Gasteiger partial charge on any atom is 0.340 e. The number of esters is 1. The van der Waals surface area contributed by atoms with Crippen LogP contribution in [0.5, 0.6) is 0 Å². The molecule has 19 heavy (non-hydrogen) atoms. The van der Waals surface area contributed by atoms with Gasteiger partial charge in [-0.25, -0.2) is 4.79 Å². The number of carbonyl (C=O) groups excluding carboxylic acids is 1. The fraction of sp³-hybridized carbons (Fsp3) is 0.0714. The van der Waals surface area contributed by atoms with Gasteiger partial charge in [-0.15, -0.1) is 0 Å². The number of carbonyl (C=O) groups is 1. The molecule has 0 fully saturated rings. The zero-order valence-corrected chi connectivity index (χ0v) is 13.6. The van der Waals surface area contributed by atoms with Crippen LogP contribution < -0.4 is 5.73 Å². The first-order chi connectivity index (χ1) is 9.06. The SMILES string of the molecule is Nc1ccc(I)cc1C(=O)OCc1cccc(Br)c1. The molecule has 0 amide bonds. The Morgan fingerprint density at radius 1 is 1.26 bits per heavy atom. The number of halogens is 2. The van der Waals surface area contributed by atoms with Gasteiger partial charge in [-0.3, -0.25) is 0 Å². The van der Waals surface area contributed by atoms with Crippen LogP contribution in [0, 0.1) is 3.57 Å². The van der Waals surface area contributed by atoms with Gasteiger partial charge in [0.05, 0.1) is 5.56 Å². The van der Waals surface area contributed by atoms with Crippen LogP contribution >= 0.6 is 38.5 Å². The van der Waals surface area contributed by atoms with Gasteiger partial charge in [-0.05, 0) is 58.5 Å². The van der Waals surface area contributed by atoms with Gasteiger partial charge in [0, 0.05) is 13.7 Å². The molecule has 3 nitrogen and oxygen atoms in total. The van der Waals surface area contributed by atoms with Gasteiger partial charge in [-0.1, -0.05) is 28.1 Å². The first-order valence-electron chi connectivity index (χ1n) is 5.53. The Hall–Kier alpha value is -1.08. The predicted octanol–water partition coefficient (Wildman–Crippen LogP) is 3.99. The van der Waals surface area contributed by atoms with Crippen LogP contribution in [0.2, 0.25) is 0 Å². The number of rotatable bonds is 3. The van der Waals surface area contributed by atoms with Crippen molar-refractivity contribution in [1.82, 2.24) is 0 Å². The normalized spacial score (nSPS) is 10.2. The highest BCUT2D eigenvalue weighted by molar-refractivity contribution is 14.1. The van der Waals surface area contributed by atoms with E-state index in [1.165, 1.54) is 0 Å². The maximum atomic E-state index is 12.0. The summed E-state index contributed by atoms with van der Waals surface area (Å²) in [6.45, 7) is 0.225. The molecule has 5 heteroatoms. The minimum absolute atomic E-state index is 0.225. The molecule has 98 valence electrons. The summed E-state index contributed by atoms with van der Waals surface area (Å²) >= 11 is 5.50. The minimum Gasteiger partial charge on any atom is -0.457 e. The molecule has 0 unspecified atom stereocenters. The van der Waals surface area contributed by atoms with E-state index in [-0.39, 0.29) is 6.61 Å². The van der Waals surface area contributed by atoms with Crippen molar-refractivity contribution in [1.29, 1.82) is 0 Å². The lowest BCUT2D eigenvalue weighted by Crippen LogP contribution is -2.08. The van der Waals surface area contributed by atoms with E-state index in [9.17, 15) is 4.79 Å². The molecule has 0 aliphatic rings. The molecule has 2 aromatic carbocycles. The molecule has 0 saturated carbocycles. The molecular weight excluding hydrogens is 421 g/mol. The second-order valence-electron chi connectivity index (χ2n) is 3.94. The minimum atomic E-state index is -0.406. The molecule has 0 aromatic heterocycles. The number of hydrogen-bond donors (Lipinski definition) is 1. The zero-order valence-electron chi connectivity index (χ0n) is 9.90. The number of nitrogen functional groups attached to an aromatic ring is 1. The molecule has 2 N–H and O–H groups in total. The summed E-state index contributed by atoms with van der Waals surface area (Å²) in [5, 5.41) is 0. The van der Waals surface area contributed by atoms with Crippen LogP contribution in [0.15, 0.2) is 46.9 Å². The highest BCUT2D eigenvalue weighted by atomic mass is 127. The van der Waals surface area contributed by atoms with Crippen LogP contribution in [0.25, 0.3) is 0 Å². The number of hydrogen-bond acceptors (Lipinski definition) is 3. The third-order valence-electron chi connectivity index (χ3n) is 2.49. The third-order valence-corrected chi connectivity index (χ3v) is 3.66. The van der Waals surface area contributed by atoms with Gasteiger partial charge in [0.25, 0.3) is 0 Å². The van der Waals surface area contributed by atoms with E-state index < -0.39 is 5.97 Å². The van der Waals surface area contributed by atoms with Crippen molar-refractivity contribution in [3.05, 3.63) is 61.6 Å². The van der Waals surface area contributed by atoms with Crippen molar-refractivity contribution in [2.45, 2.75) is 6.61 Å². The van der Waals surface area contributed by atoms with Crippen molar-refractivity contribution >= 4 is 50.2 Å². The lowest BCUT2D eigenvalue weighted by atomic mass is 10.2. The van der Waals surface area contributed by atoms with Crippen molar-refractivity contribution in [3.8, 4) is 0 Å². The van der Waals surface area contributed by atoms with Gasteiger partial charge in [-0.2, -0.15) is 0 Å². The predicted molar refractivity (Wildman–Crippen MR) is 86.8 cm³/mol. The van der Waals surface area contributed by atoms with Crippen molar-refractivity contribution in [2.75, 3.05) is 5.73 Å². The van der Waals surface area contributed by atoms with Gasteiger partial charge in [0.2, 0.25) is 0 Å². The molecule has 0 bridgehead atoms. The summed E-state index contributed by atoms with van der Waals surface area (Å²) in [5.74, 6) is -0.406. The van der Waals surface area contributed by atoms with Gasteiger partial charge in [0.15, 0.2) is 0 Å². The summed E-state index contributed by atoms with van der Waals surface area (Å²) in [6.07, 6.45) is 0. The van der Waals surface area contributed by atoms with Crippen molar-refractivity contribution in [2.24, 2.45) is 0 Å². The molecule has 2 aromatic rings. The van der Waals surface area contributed by atoms with Crippen molar-refractivity contribution in [3.63, 3.8) is 0 Å². The first-order valence-corrected chi connectivity index (χ1v) is 7.40. The molecular formula is C14H11BrINO2. The molecule has 0 heterocycles. The highest BCUT2D eigenvalue weighted by Gasteiger charge is 2.11.